The molecule has 19 heavy (non-hydrogen) atoms. The van der Waals surface area contributed by atoms with Crippen LogP contribution in [-0.2, 0) is 0 Å². The Labute approximate surface area is 112 Å². The van der Waals surface area contributed by atoms with E-state index in [1.807, 2.05) is 25.1 Å². The summed E-state index contributed by atoms with van der Waals surface area (Å²) in [7, 11) is 0. The lowest BCUT2D eigenvalue weighted by atomic mass is 10.1. The van der Waals surface area contributed by atoms with E-state index < -0.39 is 0 Å². The monoisotopic (exact) mass is 248 g/mol. The summed E-state index contributed by atoms with van der Waals surface area (Å²) < 4.78 is 0. The number of nitrogens with two attached hydrogens (primary N) is 1. The molecule has 3 rings (SSSR count). The van der Waals surface area contributed by atoms with Crippen LogP contribution in [-0.4, -0.2) is 0 Å². The molecule has 0 radical (unpaired) electrons. The molecule has 0 saturated heterocycles. The minimum atomic E-state index is 0.810. The van der Waals surface area contributed by atoms with Crippen molar-refractivity contribution in [3.05, 3.63) is 66.2 Å². The second-order valence-corrected chi connectivity index (χ2v) is 4.67. The third-order valence-corrected chi connectivity index (χ3v) is 3.43. The smallest absolute Gasteiger partial charge is 0.0463 e. The lowest BCUT2D eigenvalue weighted by Gasteiger charge is -2.13. The fourth-order valence-electron chi connectivity index (χ4n) is 2.27. The highest BCUT2D eigenvalue weighted by molar-refractivity contribution is 5.95. The summed E-state index contributed by atoms with van der Waals surface area (Å²) in [6, 6.07) is 20.6. The Morgan fingerprint density at radius 3 is 2.37 bits per heavy atom. The minimum absolute atomic E-state index is 0.810. The summed E-state index contributed by atoms with van der Waals surface area (Å²) in [6.07, 6.45) is 0. The summed E-state index contributed by atoms with van der Waals surface area (Å²) in [5.41, 5.74) is 9.99. The van der Waals surface area contributed by atoms with Crippen LogP contribution in [0.5, 0.6) is 0 Å². The average molecular weight is 248 g/mol. The first-order valence-electron chi connectivity index (χ1n) is 6.35. The fourth-order valence-corrected chi connectivity index (χ4v) is 2.27. The standard InChI is InChI=1S/C17H16N2/c1-12-15(18)9-5-10-16(12)19-17-11-4-7-13-6-2-3-8-14(13)17/h2-11,19H,18H2,1H3. The van der Waals surface area contributed by atoms with Gasteiger partial charge in [-0.1, -0.05) is 42.5 Å². The van der Waals surface area contributed by atoms with E-state index in [-0.39, 0.29) is 0 Å². The Kier molecular flexibility index (Phi) is 2.84. The van der Waals surface area contributed by atoms with Crippen LogP contribution < -0.4 is 11.1 Å². The zero-order chi connectivity index (χ0) is 13.2. The Morgan fingerprint density at radius 1 is 0.789 bits per heavy atom. The van der Waals surface area contributed by atoms with Crippen LogP contribution in [0.2, 0.25) is 0 Å². The number of nitrogens with one attached hydrogen (secondary N) is 1. The van der Waals surface area contributed by atoms with Gasteiger partial charge in [0.25, 0.3) is 0 Å². The van der Waals surface area contributed by atoms with Crippen molar-refractivity contribution in [2.75, 3.05) is 11.1 Å². The van der Waals surface area contributed by atoms with Crippen molar-refractivity contribution in [3.8, 4) is 0 Å². The minimum Gasteiger partial charge on any atom is -0.398 e. The van der Waals surface area contributed by atoms with Gasteiger partial charge < -0.3 is 11.1 Å². The van der Waals surface area contributed by atoms with Gasteiger partial charge in [-0.3, -0.25) is 0 Å². The van der Waals surface area contributed by atoms with Crippen LogP contribution in [0.4, 0.5) is 17.1 Å². The van der Waals surface area contributed by atoms with Gasteiger partial charge in [-0.2, -0.15) is 0 Å². The fraction of sp³-hybridized carbons (Fsp3) is 0.0588. The maximum Gasteiger partial charge on any atom is 0.0463 e. The Morgan fingerprint density at radius 2 is 1.47 bits per heavy atom. The van der Waals surface area contributed by atoms with E-state index in [1.165, 1.54) is 10.8 Å². The topological polar surface area (TPSA) is 38.0 Å². The third-order valence-electron chi connectivity index (χ3n) is 3.43. The molecule has 0 atom stereocenters. The van der Waals surface area contributed by atoms with Gasteiger partial charge in [-0.25, -0.2) is 0 Å². The van der Waals surface area contributed by atoms with E-state index >= 15 is 0 Å². The first-order chi connectivity index (χ1) is 9.25. The van der Waals surface area contributed by atoms with Crippen molar-refractivity contribution in [2.45, 2.75) is 6.92 Å². The van der Waals surface area contributed by atoms with Gasteiger partial charge in [0, 0.05) is 22.4 Å². The molecule has 94 valence electrons. The molecule has 3 aromatic rings. The van der Waals surface area contributed by atoms with Gasteiger partial charge in [0.05, 0.1) is 0 Å². The molecule has 0 aromatic heterocycles. The van der Waals surface area contributed by atoms with Crippen molar-refractivity contribution in [2.24, 2.45) is 0 Å². The number of hydrogen-bond donors (Lipinski definition) is 2. The quantitative estimate of drug-likeness (QED) is 0.656. The molecule has 0 aliphatic rings. The third kappa shape index (κ3) is 2.13. The van der Waals surface area contributed by atoms with Gasteiger partial charge in [0.15, 0.2) is 0 Å². The molecular weight excluding hydrogens is 232 g/mol. The van der Waals surface area contributed by atoms with Crippen LogP contribution >= 0.6 is 0 Å². The Hall–Kier alpha value is -2.48. The van der Waals surface area contributed by atoms with E-state index in [1.54, 1.807) is 0 Å². The highest BCUT2D eigenvalue weighted by atomic mass is 14.9. The maximum atomic E-state index is 5.95. The summed E-state index contributed by atoms with van der Waals surface area (Å²) in [4.78, 5) is 0. The molecular formula is C17H16N2. The van der Waals surface area contributed by atoms with E-state index in [4.69, 9.17) is 5.73 Å². The van der Waals surface area contributed by atoms with E-state index in [2.05, 4.69) is 47.8 Å². The molecule has 2 heteroatoms. The van der Waals surface area contributed by atoms with Gasteiger partial charge in [-0.15, -0.1) is 0 Å². The molecule has 3 N–H and O–H groups in total. The van der Waals surface area contributed by atoms with Crippen molar-refractivity contribution in [3.63, 3.8) is 0 Å². The predicted molar refractivity (Wildman–Crippen MR) is 82.8 cm³/mol. The predicted octanol–water partition coefficient (Wildman–Crippen LogP) is 4.47. The summed E-state index contributed by atoms with van der Waals surface area (Å²) in [5.74, 6) is 0. The number of benzene rings is 3. The number of nitrogen functional groups attached to an aromatic ring is 1. The summed E-state index contributed by atoms with van der Waals surface area (Å²) >= 11 is 0. The molecule has 3 aromatic carbocycles. The van der Waals surface area contributed by atoms with E-state index in [0.717, 1.165) is 22.6 Å². The first kappa shape index (κ1) is 11.6. The number of fused-ring (bicyclic) bond motifs is 1. The van der Waals surface area contributed by atoms with Crippen molar-refractivity contribution in [1.29, 1.82) is 0 Å². The van der Waals surface area contributed by atoms with Crippen molar-refractivity contribution in [1.82, 2.24) is 0 Å². The molecule has 0 fully saturated rings. The molecule has 0 saturated carbocycles. The molecule has 0 bridgehead atoms. The highest BCUT2D eigenvalue weighted by Crippen LogP contribution is 2.29. The zero-order valence-corrected chi connectivity index (χ0v) is 10.9. The molecule has 0 amide bonds. The van der Waals surface area contributed by atoms with E-state index in [0.29, 0.717) is 0 Å². The average Bonchev–Trinajstić information content (AvgIpc) is 2.44. The van der Waals surface area contributed by atoms with Crippen molar-refractivity contribution < 1.29 is 0 Å². The lowest BCUT2D eigenvalue weighted by Crippen LogP contribution is -1.97. The molecule has 0 spiro atoms. The Bertz CT molecular complexity index is 727. The second kappa shape index (κ2) is 4.65. The van der Waals surface area contributed by atoms with Gasteiger partial charge in [-0.05, 0) is 36.1 Å². The van der Waals surface area contributed by atoms with E-state index in [9.17, 15) is 0 Å². The molecule has 0 aliphatic carbocycles. The van der Waals surface area contributed by atoms with Crippen LogP contribution in [0.25, 0.3) is 10.8 Å². The number of rotatable bonds is 2. The normalized spacial score (nSPS) is 10.6. The van der Waals surface area contributed by atoms with Crippen molar-refractivity contribution >= 4 is 27.8 Å². The second-order valence-electron chi connectivity index (χ2n) is 4.67. The summed E-state index contributed by atoms with van der Waals surface area (Å²) in [5, 5.41) is 5.92. The number of anilines is 3. The zero-order valence-electron chi connectivity index (χ0n) is 10.9. The van der Waals surface area contributed by atoms with Gasteiger partial charge in [0.2, 0.25) is 0 Å². The largest absolute Gasteiger partial charge is 0.398 e. The molecule has 2 nitrogen and oxygen atoms in total. The van der Waals surface area contributed by atoms with Gasteiger partial charge in [0.1, 0.15) is 0 Å². The van der Waals surface area contributed by atoms with Crippen LogP contribution in [0.3, 0.4) is 0 Å². The van der Waals surface area contributed by atoms with Crippen LogP contribution in [0, 0.1) is 6.92 Å². The maximum absolute atomic E-state index is 5.95. The molecule has 0 heterocycles. The van der Waals surface area contributed by atoms with Crippen LogP contribution in [0.15, 0.2) is 60.7 Å². The van der Waals surface area contributed by atoms with Crippen LogP contribution in [0.1, 0.15) is 5.56 Å². The molecule has 0 aliphatic heterocycles. The first-order valence-corrected chi connectivity index (χ1v) is 6.35. The lowest BCUT2D eigenvalue weighted by molar-refractivity contribution is 1.44. The molecule has 0 unspecified atom stereocenters. The van der Waals surface area contributed by atoms with Gasteiger partial charge >= 0.3 is 0 Å². The summed E-state index contributed by atoms with van der Waals surface area (Å²) in [6.45, 7) is 2.03. The Balaban J connectivity index is 2.09. The number of hydrogen-bond acceptors (Lipinski definition) is 2. The SMILES string of the molecule is Cc1c(N)cccc1Nc1cccc2ccccc12. The highest BCUT2D eigenvalue weighted by Gasteiger charge is 2.04.